The third-order valence-electron chi connectivity index (χ3n) is 1.15. The molecule has 0 atom stereocenters. The van der Waals surface area contributed by atoms with Crippen molar-refractivity contribution in [2.75, 3.05) is 13.1 Å². The van der Waals surface area contributed by atoms with Crippen LogP contribution in [0.25, 0.3) is 0 Å². The molecule has 0 aliphatic carbocycles. The Morgan fingerprint density at radius 2 is 1.64 bits per heavy atom. The third-order valence-corrected chi connectivity index (χ3v) is 1.15. The molecule has 0 rings (SSSR count). The van der Waals surface area contributed by atoms with Gasteiger partial charge in [0.05, 0.1) is 0 Å². The van der Waals surface area contributed by atoms with E-state index in [-0.39, 0.29) is 40.1 Å². The van der Waals surface area contributed by atoms with Gasteiger partial charge < -0.3 is 12.3 Å². The molecule has 0 aromatic rings. The van der Waals surface area contributed by atoms with E-state index in [9.17, 15) is 0 Å². The fourth-order valence-electron chi connectivity index (χ4n) is 0.783. The van der Waals surface area contributed by atoms with Gasteiger partial charge in [-0.15, -0.1) is 0 Å². The minimum Gasteiger partial charge on any atom is -0.459 e. The zero-order chi connectivity index (χ0) is 7.49. The molecule has 0 aromatic heterocycles. The van der Waals surface area contributed by atoms with Crippen molar-refractivity contribution in [2.24, 2.45) is 5.41 Å². The molecule has 2 heteroatoms. The average Bonchev–Trinajstić information content (AvgIpc) is 1.62. The molecule has 0 amide bonds. The number of hydrogen-bond acceptors (Lipinski definition) is 1. The van der Waals surface area contributed by atoms with E-state index in [2.05, 4.69) is 39.6 Å². The van der Waals surface area contributed by atoms with Crippen LogP contribution in [0.1, 0.15) is 27.7 Å². The average molecular weight is 232 g/mol. The van der Waals surface area contributed by atoms with Crippen LogP contribution in [0, 0.1) is 19.9 Å². The molecule has 0 spiro atoms. The first kappa shape index (κ1) is 18.0. The summed E-state index contributed by atoms with van der Waals surface area (Å²) >= 11 is 0. The van der Waals surface area contributed by atoms with Gasteiger partial charge in [-0.1, -0.05) is 27.7 Å². The summed E-state index contributed by atoms with van der Waals surface area (Å²) in [6, 6.07) is 0. The second kappa shape index (κ2) is 7.70. The Kier molecular flexibility index (Phi) is 12.6. The van der Waals surface area contributed by atoms with Crippen molar-refractivity contribution >= 4 is 0 Å². The summed E-state index contributed by atoms with van der Waals surface area (Å²) in [4.78, 5) is 2.08. The van der Waals surface area contributed by atoms with Gasteiger partial charge in [0.25, 0.3) is 0 Å². The van der Waals surface area contributed by atoms with Crippen molar-refractivity contribution in [1.82, 2.24) is 4.90 Å². The minimum absolute atomic E-state index is 0. The van der Waals surface area contributed by atoms with Gasteiger partial charge >= 0.3 is 0 Å². The molecule has 0 aromatic carbocycles. The molecule has 0 unspecified atom stereocenters. The number of nitrogens with zero attached hydrogens (tertiary/aromatic N) is 1. The number of rotatable bonds is 2. The van der Waals surface area contributed by atoms with Gasteiger partial charge in [-0.05, 0) is 18.5 Å². The maximum atomic E-state index is 3.88. The zero-order valence-electron chi connectivity index (χ0n) is 8.65. The monoisotopic (exact) mass is 232 g/mol. The maximum Gasteiger partial charge on any atom is 0 e. The molecule has 1 nitrogen and oxygen atoms in total. The normalized spacial score (nSPS) is 10.4. The van der Waals surface area contributed by atoms with E-state index >= 15 is 0 Å². The molecular formula is C9H21NY-2. The van der Waals surface area contributed by atoms with Crippen LogP contribution in [0.3, 0.4) is 0 Å². The maximum absolute atomic E-state index is 3.88. The van der Waals surface area contributed by atoms with Crippen LogP contribution in [0.5, 0.6) is 0 Å². The minimum atomic E-state index is 0. The smallest absolute Gasteiger partial charge is 0 e. The van der Waals surface area contributed by atoms with Gasteiger partial charge in [-0.25, -0.2) is 0 Å². The number of hydrogen-bond donors (Lipinski definition) is 0. The van der Waals surface area contributed by atoms with Gasteiger partial charge in [0.2, 0.25) is 0 Å². The van der Waals surface area contributed by atoms with Crippen molar-refractivity contribution in [1.29, 1.82) is 0 Å². The Hall–Kier alpha value is 1.06. The van der Waals surface area contributed by atoms with Gasteiger partial charge in [-0.2, -0.15) is 0 Å². The fraction of sp³-hybridized carbons (Fsp3) is 0.778. The molecule has 11 heavy (non-hydrogen) atoms. The first-order valence-corrected chi connectivity index (χ1v) is 3.51. The molecule has 1 radical (unpaired) electrons. The second-order valence-electron chi connectivity index (χ2n) is 3.71. The summed E-state index contributed by atoms with van der Waals surface area (Å²) in [6.45, 7) is 10.9. The summed E-state index contributed by atoms with van der Waals surface area (Å²) in [6.07, 6.45) is 0. The predicted octanol–water partition coefficient (Wildman–Crippen LogP) is 2.59. The Morgan fingerprint density at radius 1 is 1.27 bits per heavy atom. The molecule has 0 fully saturated rings. The topological polar surface area (TPSA) is 3.24 Å². The van der Waals surface area contributed by atoms with Crippen molar-refractivity contribution in [3.05, 3.63) is 14.5 Å². The van der Waals surface area contributed by atoms with Crippen LogP contribution in [0.15, 0.2) is 0 Å². The molecule has 0 aliphatic heterocycles. The predicted molar refractivity (Wildman–Crippen MR) is 48.5 cm³/mol. The Labute approximate surface area is 97.8 Å². The van der Waals surface area contributed by atoms with Crippen LogP contribution in [0.4, 0.5) is 0 Å². The van der Waals surface area contributed by atoms with Crippen LogP contribution in [0.2, 0.25) is 0 Å². The van der Waals surface area contributed by atoms with E-state index in [4.69, 9.17) is 0 Å². The molecular weight excluding hydrogens is 211 g/mol. The van der Waals surface area contributed by atoms with Crippen LogP contribution in [-0.4, -0.2) is 18.0 Å². The van der Waals surface area contributed by atoms with E-state index < -0.39 is 0 Å². The third kappa shape index (κ3) is 14.0. The summed E-state index contributed by atoms with van der Waals surface area (Å²) in [5.41, 5.74) is 0.387. The molecule has 0 N–H and O–H groups in total. The first-order valence-electron chi connectivity index (χ1n) is 3.51. The SMILES string of the molecule is [CH2-]N(CC)CC(C)(C)C.[CH3-].[Y]. The molecule has 0 saturated heterocycles. The molecule has 0 saturated carbocycles. The Morgan fingerprint density at radius 3 is 1.73 bits per heavy atom. The fourth-order valence-corrected chi connectivity index (χ4v) is 0.783. The van der Waals surface area contributed by atoms with Crippen molar-refractivity contribution < 1.29 is 32.7 Å². The molecule has 0 heterocycles. The summed E-state index contributed by atoms with van der Waals surface area (Å²) < 4.78 is 0. The van der Waals surface area contributed by atoms with Gasteiger partial charge in [-0.3, -0.25) is 7.05 Å². The van der Waals surface area contributed by atoms with Crippen molar-refractivity contribution in [2.45, 2.75) is 27.7 Å². The summed E-state index contributed by atoms with van der Waals surface area (Å²) in [5.74, 6) is 0. The van der Waals surface area contributed by atoms with E-state index in [0.717, 1.165) is 13.1 Å². The van der Waals surface area contributed by atoms with Crippen molar-refractivity contribution in [3.8, 4) is 0 Å². The quantitative estimate of drug-likeness (QED) is 0.661. The zero-order valence-corrected chi connectivity index (χ0v) is 11.5. The Bertz CT molecular complexity index is 76.1. The van der Waals surface area contributed by atoms with E-state index in [1.54, 1.807) is 0 Å². The van der Waals surface area contributed by atoms with Crippen LogP contribution >= 0.6 is 0 Å². The van der Waals surface area contributed by atoms with Crippen LogP contribution in [-0.2, 0) is 32.7 Å². The summed E-state index contributed by atoms with van der Waals surface area (Å²) in [5, 5.41) is 0. The summed E-state index contributed by atoms with van der Waals surface area (Å²) in [7, 11) is 3.88. The second-order valence-corrected chi connectivity index (χ2v) is 3.71. The van der Waals surface area contributed by atoms with Crippen molar-refractivity contribution in [3.63, 3.8) is 0 Å². The molecule has 0 bridgehead atoms. The first-order chi connectivity index (χ1) is 3.95. The molecule has 0 aliphatic rings. The van der Waals surface area contributed by atoms with E-state index in [1.807, 2.05) is 0 Å². The van der Waals surface area contributed by atoms with Gasteiger partial charge in [0.15, 0.2) is 0 Å². The van der Waals surface area contributed by atoms with Crippen LogP contribution < -0.4 is 0 Å². The standard InChI is InChI=1S/C8H18N.CH3.Y/c1-6-9(5)7-8(2,3)4;;/h5-7H2,1-4H3;1H3;/q2*-1;. The van der Waals surface area contributed by atoms with Gasteiger partial charge in [0, 0.05) is 32.7 Å². The largest absolute Gasteiger partial charge is 0.459 e. The molecule has 67 valence electrons. The van der Waals surface area contributed by atoms with E-state index in [0.29, 0.717) is 5.41 Å². The Balaban J connectivity index is -0.000000320. The van der Waals surface area contributed by atoms with E-state index in [1.165, 1.54) is 0 Å². The van der Waals surface area contributed by atoms with Gasteiger partial charge in [0.1, 0.15) is 0 Å².